The van der Waals surface area contributed by atoms with Crippen molar-refractivity contribution in [3.8, 4) is 0 Å². The number of aliphatic carboxylic acids is 1. The first kappa shape index (κ1) is 17.8. The first-order valence-corrected chi connectivity index (χ1v) is 14.3. The molecule has 0 aromatic heterocycles. The minimum atomic E-state index is -4.67. The van der Waals surface area contributed by atoms with E-state index in [9.17, 15) is 22.9 Å². The second-order valence-corrected chi connectivity index (χ2v) is 19.7. The maximum atomic E-state index is 11.9. The lowest BCUT2D eigenvalue weighted by Gasteiger charge is -2.45. The average molecular weight is 313 g/mol. The van der Waals surface area contributed by atoms with E-state index in [4.69, 9.17) is 0 Å². The van der Waals surface area contributed by atoms with E-state index in [0.29, 0.717) is 0 Å². The molecule has 2 unspecified atom stereocenters. The van der Waals surface area contributed by atoms with E-state index in [1.165, 1.54) is 0 Å². The number of carbonyl (C=O) groups is 1. The Morgan fingerprint density at radius 2 is 1.44 bits per heavy atom. The highest BCUT2D eigenvalue weighted by Gasteiger charge is 2.65. The summed E-state index contributed by atoms with van der Waals surface area (Å²) in [5, 5.41) is 9.55. The predicted molar refractivity (Wildman–Crippen MR) is 78.0 cm³/mol. The van der Waals surface area contributed by atoms with Crippen LogP contribution in [0.3, 0.4) is 0 Å². The normalized spacial score (nSPS) is 19.1. The number of carboxylic acids is 1. The highest BCUT2D eigenvalue weighted by molar-refractivity contribution is 7.90. The number of carboxylic acid groups (broad SMARTS) is 1. The first-order chi connectivity index (χ1) is 7.60. The molecule has 0 aromatic rings. The number of hydrogen-bond donors (Lipinski definition) is 2. The molecule has 0 aromatic carbocycles. The summed E-state index contributed by atoms with van der Waals surface area (Å²) < 4.78 is 31.3. The van der Waals surface area contributed by atoms with Crippen LogP contribution in [0.15, 0.2) is 0 Å². The zero-order valence-corrected chi connectivity index (χ0v) is 14.9. The Morgan fingerprint density at radius 3 is 1.50 bits per heavy atom. The second-order valence-electron chi connectivity index (χ2n) is 6.85. The molecule has 108 valence electrons. The Kier molecular flexibility index (Phi) is 4.68. The van der Waals surface area contributed by atoms with Crippen molar-refractivity contribution in [2.75, 3.05) is 0 Å². The lowest BCUT2D eigenvalue weighted by atomic mass is 10.3. The zero-order chi connectivity index (χ0) is 15.2. The molecule has 0 rings (SSSR count). The van der Waals surface area contributed by atoms with E-state index in [-0.39, 0.29) is 0 Å². The quantitative estimate of drug-likeness (QED) is 0.600. The van der Waals surface area contributed by atoms with Gasteiger partial charge in [0.25, 0.3) is 10.1 Å². The summed E-state index contributed by atoms with van der Waals surface area (Å²) in [6, 6.07) is 0. The van der Waals surface area contributed by atoms with Gasteiger partial charge in [0, 0.05) is 8.07 Å². The van der Waals surface area contributed by atoms with Gasteiger partial charge < -0.3 is 5.11 Å². The van der Waals surface area contributed by atoms with Crippen LogP contribution in [0, 0.1) is 0 Å². The van der Waals surface area contributed by atoms with Gasteiger partial charge in [0.2, 0.25) is 0 Å². The molecular weight excluding hydrogens is 288 g/mol. The fourth-order valence-corrected chi connectivity index (χ4v) is 13.6. The van der Waals surface area contributed by atoms with Gasteiger partial charge in [-0.15, -0.1) is 0 Å². The Hall–Kier alpha value is -0.186. The number of rotatable bonds is 5. The van der Waals surface area contributed by atoms with Crippen molar-refractivity contribution in [2.45, 2.75) is 56.1 Å². The molecule has 0 saturated heterocycles. The van der Waals surface area contributed by atoms with Crippen LogP contribution in [0.2, 0.25) is 44.8 Å². The third-order valence-electron chi connectivity index (χ3n) is 3.75. The first-order valence-electron chi connectivity index (χ1n) is 5.80. The van der Waals surface area contributed by atoms with Crippen LogP contribution in [0.25, 0.3) is 0 Å². The molecule has 0 radical (unpaired) electrons. The summed E-state index contributed by atoms with van der Waals surface area (Å²) in [6.07, 6.45) is 0. The molecule has 2 N–H and O–H groups in total. The van der Waals surface area contributed by atoms with Crippen molar-refractivity contribution < 1.29 is 22.9 Å². The van der Waals surface area contributed by atoms with Crippen molar-refractivity contribution in [3.63, 3.8) is 0 Å². The molecule has 0 aliphatic rings. The maximum Gasteiger partial charge on any atom is 0.324 e. The smallest absolute Gasteiger partial charge is 0.324 e. The molecule has 0 bridgehead atoms. The zero-order valence-electron chi connectivity index (χ0n) is 12.1. The highest BCUT2D eigenvalue weighted by Crippen LogP contribution is 2.44. The minimum Gasteiger partial charge on any atom is -0.480 e. The standard InChI is InChI=1S/C10H24O5SSi2/c1-8(17(2,3)4)10(9(11)12,16(13,14)15)18(5,6)7/h8H,1-7H3,(H,11,12)(H,13,14,15). The summed E-state index contributed by atoms with van der Waals surface area (Å²) in [4.78, 5) is 11.7. The van der Waals surface area contributed by atoms with Crippen molar-refractivity contribution in [1.29, 1.82) is 0 Å². The van der Waals surface area contributed by atoms with E-state index >= 15 is 0 Å². The Bertz CT molecular complexity index is 432. The van der Waals surface area contributed by atoms with Crippen LogP contribution in [0.1, 0.15) is 6.92 Å². The van der Waals surface area contributed by atoms with Gasteiger partial charge in [-0.3, -0.25) is 9.35 Å². The Balaban J connectivity index is 6.44. The SMILES string of the molecule is CC(C(C(=O)O)([Si](C)(C)C)S(=O)(=O)O)[Si](C)(C)C. The second kappa shape index (κ2) is 4.73. The molecule has 2 atom stereocenters. The third-order valence-corrected chi connectivity index (χ3v) is 14.1. The van der Waals surface area contributed by atoms with E-state index < -0.39 is 42.1 Å². The van der Waals surface area contributed by atoms with Crippen LogP contribution in [-0.2, 0) is 14.9 Å². The predicted octanol–water partition coefficient (Wildman–Crippen LogP) is 2.30. The fourth-order valence-electron chi connectivity index (χ4n) is 2.49. The molecule has 0 amide bonds. The molecule has 5 nitrogen and oxygen atoms in total. The topological polar surface area (TPSA) is 91.7 Å². The summed E-state index contributed by atoms with van der Waals surface area (Å²) in [5.41, 5.74) is -0.566. The van der Waals surface area contributed by atoms with E-state index in [2.05, 4.69) is 0 Å². The molecular formula is C10H24O5SSi2. The summed E-state index contributed by atoms with van der Waals surface area (Å²) >= 11 is 0. The monoisotopic (exact) mass is 312 g/mol. The molecule has 8 heteroatoms. The van der Waals surface area contributed by atoms with Gasteiger partial charge in [0.1, 0.15) is 0 Å². The van der Waals surface area contributed by atoms with Crippen LogP contribution < -0.4 is 0 Å². The average Bonchev–Trinajstić information content (AvgIpc) is 1.95. The maximum absolute atomic E-state index is 11.9. The van der Waals surface area contributed by atoms with Gasteiger partial charge >= 0.3 is 5.97 Å². The van der Waals surface area contributed by atoms with Gasteiger partial charge in [-0.25, -0.2) is 0 Å². The minimum absolute atomic E-state index is 0.566. The number of hydrogen-bond acceptors (Lipinski definition) is 3. The summed E-state index contributed by atoms with van der Waals surface area (Å²) in [5.74, 6) is -1.42. The van der Waals surface area contributed by atoms with E-state index in [1.807, 2.05) is 19.6 Å². The molecule has 0 aliphatic carbocycles. The summed E-state index contributed by atoms with van der Waals surface area (Å²) in [7, 11) is -9.44. The van der Waals surface area contributed by atoms with Crippen molar-refractivity contribution >= 4 is 32.2 Å². The molecule has 0 fully saturated rings. The molecule has 0 saturated carbocycles. The Labute approximate surface area is 111 Å². The fraction of sp³-hybridized carbons (Fsp3) is 0.900. The van der Waals surface area contributed by atoms with Crippen molar-refractivity contribution in [1.82, 2.24) is 0 Å². The van der Waals surface area contributed by atoms with E-state index in [1.54, 1.807) is 26.6 Å². The van der Waals surface area contributed by atoms with E-state index in [0.717, 1.165) is 0 Å². The molecule has 18 heavy (non-hydrogen) atoms. The van der Waals surface area contributed by atoms with Gasteiger partial charge in [0.15, 0.2) is 4.37 Å². The highest BCUT2D eigenvalue weighted by atomic mass is 32.2. The van der Waals surface area contributed by atoms with Crippen molar-refractivity contribution in [2.24, 2.45) is 0 Å². The van der Waals surface area contributed by atoms with Crippen LogP contribution in [0.4, 0.5) is 0 Å². The van der Waals surface area contributed by atoms with Crippen LogP contribution in [-0.4, -0.2) is 44.6 Å². The third kappa shape index (κ3) is 2.71. The van der Waals surface area contributed by atoms with Gasteiger partial charge in [0.05, 0.1) is 8.07 Å². The van der Waals surface area contributed by atoms with Gasteiger partial charge in [-0.05, 0) is 5.54 Å². The molecule has 0 spiro atoms. The van der Waals surface area contributed by atoms with Crippen LogP contribution in [0.5, 0.6) is 0 Å². The largest absolute Gasteiger partial charge is 0.480 e. The van der Waals surface area contributed by atoms with Crippen LogP contribution >= 0.6 is 0 Å². The lowest BCUT2D eigenvalue weighted by Crippen LogP contribution is -2.68. The Morgan fingerprint density at radius 1 is 1.11 bits per heavy atom. The van der Waals surface area contributed by atoms with Crippen molar-refractivity contribution in [3.05, 3.63) is 0 Å². The lowest BCUT2D eigenvalue weighted by molar-refractivity contribution is -0.138. The van der Waals surface area contributed by atoms with Gasteiger partial charge in [-0.2, -0.15) is 8.42 Å². The summed E-state index contributed by atoms with van der Waals surface area (Å²) in [6.45, 7) is 12.4. The molecule has 0 aliphatic heterocycles. The van der Waals surface area contributed by atoms with Gasteiger partial charge in [-0.1, -0.05) is 46.2 Å². The molecule has 0 heterocycles.